The quantitative estimate of drug-likeness (QED) is 0.484. The van der Waals surface area contributed by atoms with E-state index in [1.807, 2.05) is 0 Å². The molecular formula is C14H14N2OS2. The molecule has 0 bridgehead atoms. The van der Waals surface area contributed by atoms with Crippen LogP contribution < -0.4 is 5.56 Å². The van der Waals surface area contributed by atoms with Gasteiger partial charge in [0, 0.05) is 11.9 Å². The molecule has 0 aromatic carbocycles. The summed E-state index contributed by atoms with van der Waals surface area (Å²) in [7, 11) is 1.78. The van der Waals surface area contributed by atoms with Gasteiger partial charge in [0.2, 0.25) is 0 Å². The van der Waals surface area contributed by atoms with E-state index in [0.717, 1.165) is 23.1 Å². The molecule has 0 amide bonds. The Labute approximate surface area is 120 Å². The molecule has 0 unspecified atom stereocenters. The van der Waals surface area contributed by atoms with E-state index >= 15 is 0 Å². The maximum absolute atomic E-state index is 12.5. The van der Waals surface area contributed by atoms with Gasteiger partial charge in [-0.05, 0) is 31.2 Å². The molecule has 0 spiro atoms. The Morgan fingerprint density at radius 2 is 2.26 bits per heavy atom. The molecule has 1 aliphatic rings. The van der Waals surface area contributed by atoms with Crippen molar-refractivity contribution in [1.29, 1.82) is 0 Å². The SMILES string of the molecule is C#CCSc1nc2sc3c(c2c(=O)n1C)CCCC3. The van der Waals surface area contributed by atoms with Crippen LogP contribution in [-0.2, 0) is 19.9 Å². The van der Waals surface area contributed by atoms with Gasteiger partial charge in [-0.25, -0.2) is 4.98 Å². The topological polar surface area (TPSA) is 34.9 Å². The minimum Gasteiger partial charge on any atom is -0.290 e. The molecule has 1 aliphatic carbocycles. The van der Waals surface area contributed by atoms with Crippen molar-refractivity contribution in [2.24, 2.45) is 7.05 Å². The third-order valence-corrected chi connectivity index (χ3v) is 5.56. The lowest BCUT2D eigenvalue weighted by Gasteiger charge is -2.10. The highest BCUT2D eigenvalue weighted by atomic mass is 32.2. The molecule has 0 saturated carbocycles. The molecule has 0 radical (unpaired) electrons. The summed E-state index contributed by atoms with van der Waals surface area (Å²) in [6, 6.07) is 0. The average molecular weight is 290 g/mol. The zero-order valence-corrected chi connectivity index (χ0v) is 12.4. The van der Waals surface area contributed by atoms with E-state index in [0.29, 0.717) is 10.9 Å². The minimum absolute atomic E-state index is 0.0731. The number of nitrogens with zero attached hydrogens (tertiary/aromatic N) is 2. The van der Waals surface area contributed by atoms with Gasteiger partial charge in [0.15, 0.2) is 5.16 Å². The minimum atomic E-state index is 0.0731. The lowest BCUT2D eigenvalue weighted by atomic mass is 9.97. The van der Waals surface area contributed by atoms with Crippen LogP contribution in [0.15, 0.2) is 9.95 Å². The summed E-state index contributed by atoms with van der Waals surface area (Å²) in [5.74, 6) is 3.11. The highest BCUT2D eigenvalue weighted by Gasteiger charge is 2.20. The third-order valence-electron chi connectivity index (χ3n) is 3.44. The zero-order valence-electron chi connectivity index (χ0n) is 10.7. The van der Waals surface area contributed by atoms with Crippen molar-refractivity contribution in [1.82, 2.24) is 9.55 Å². The van der Waals surface area contributed by atoms with Crippen LogP contribution in [0.2, 0.25) is 0 Å². The van der Waals surface area contributed by atoms with Crippen LogP contribution in [0, 0.1) is 12.3 Å². The summed E-state index contributed by atoms with van der Waals surface area (Å²) in [6.07, 6.45) is 9.78. The second-order valence-corrected chi connectivity index (χ2v) is 6.67. The number of aromatic nitrogens is 2. The second-order valence-electron chi connectivity index (χ2n) is 4.64. The van der Waals surface area contributed by atoms with Crippen molar-refractivity contribution in [2.45, 2.75) is 30.8 Å². The first-order valence-corrected chi connectivity index (χ1v) is 8.10. The van der Waals surface area contributed by atoms with Gasteiger partial charge in [-0.3, -0.25) is 9.36 Å². The Morgan fingerprint density at radius 1 is 1.47 bits per heavy atom. The summed E-state index contributed by atoms with van der Waals surface area (Å²) >= 11 is 3.13. The second kappa shape index (κ2) is 5.03. The predicted octanol–water partition coefficient (Wildman–Crippen LogP) is 2.60. The largest absolute Gasteiger partial charge is 0.290 e. The van der Waals surface area contributed by atoms with E-state index in [1.165, 1.54) is 35.0 Å². The number of aryl methyl sites for hydroxylation is 2. The fourth-order valence-corrected chi connectivity index (χ4v) is 4.46. The first kappa shape index (κ1) is 12.8. The Kier molecular flexibility index (Phi) is 3.38. The van der Waals surface area contributed by atoms with Gasteiger partial charge in [-0.2, -0.15) is 0 Å². The molecule has 2 aromatic heterocycles. The molecule has 0 saturated heterocycles. The Morgan fingerprint density at radius 3 is 3.05 bits per heavy atom. The van der Waals surface area contributed by atoms with Crippen LogP contribution >= 0.6 is 23.1 Å². The molecule has 2 aromatic rings. The number of thioether (sulfide) groups is 1. The Balaban J connectivity index is 2.22. The van der Waals surface area contributed by atoms with Crippen LogP contribution in [-0.4, -0.2) is 15.3 Å². The van der Waals surface area contributed by atoms with Crippen LogP contribution in [0.1, 0.15) is 23.3 Å². The number of thiophene rings is 1. The Hall–Kier alpha value is -1.25. The summed E-state index contributed by atoms with van der Waals surface area (Å²) in [5, 5.41) is 1.56. The first-order valence-electron chi connectivity index (χ1n) is 6.30. The highest BCUT2D eigenvalue weighted by Crippen LogP contribution is 2.34. The van der Waals surface area contributed by atoms with Crippen molar-refractivity contribution < 1.29 is 0 Å². The van der Waals surface area contributed by atoms with E-state index in [2.05, 4.69) is 10.9 Å². The number of terminal acetylenes is 1. The van der Waals surface area contributed by atoms with Crippen molar-refractivity contribution >= 4 is 33.3 Å². The van der Waals surface area contributed by atoms with Gasteiger partial charge in [-0.15, -0.1) is 17.8 Å². The van der Waals surface area contributed by atoms with Gasteiger partial charge in [0.1, 0.15) is 4.83 Å². The Bertz CT molecular complexity index is 736. The summed E-state index contributed by atoms with van der Waals surface area (Å²) < 4.78 is 1.63. The van der Waals surface area contributed by atoms with Crippen molar-refractivity contribution in [3.8, 4) is 12.3 Å². The number of hydrogen-bond donors (Lipinski definition) is 0. The smallest absolute Gasteiger partial charge is 0.262 e. The number of fused-ring (bicyclic) bond motifs is 3. The predicted molar refractivity (Wildman–Crippen MR) is 81.1 cm³/mol. The average Bonchev–Trinajstić information content (AvgIpc) is 2.79. The van der Waals surface area contributed by atoms with E-state index in [4.69, 9.17) is 6.42 Å². The molecule has 19 heavy (non-hydrogen) atoms. The zero-order chi connectivity index (χ0) is 13.4. The van der Waals surface area contributed by atoms with Gasteiger partial charge >= 0.3 is 0 Å². The van der Waals surface area contributed by atoms with Crippen molar-refractivity contribution in [2.75, 3.05) is 5.75 Å². The number of hydrogen-bond acceptors (Lipinski definition) is 4. The highest BCUT2D eigenvalue weighted by molar-refractivity contribution is 7.99. The monoisotopic (exact) mass is 290 g/mol. The molecule has 5 heteroatoms. The van der Waals surface area contributed by atoms with Gasteiger partial charge in [0.05, 0.1) is 11.1 Å². The van der Waals surface area contributed by atoms with Crippen LogP contribution in [0.4, 0.5) is 0 Å². The molecule has 3 nitrogen and oxygen atoms in total. The summed E-state index contributed by atoms with van der Waals surface area (Å²) in [5.41, 5.74) is 1.32. The van der Waals surface area contributed by atoms with Gasteiger partial charge in [-0.1, -0.05) is 17.7 Å². The standard InChI is InChI=1S/C14H14N2OS2/c1-3-8-18-14-15-12-11(13(17)16(14)2)9-6-4-5-7-10(9)19-12/h1H,4-8H2,2H3. The van der Waals surface area contributed by atoms with E-state index < -0.39 is 0 Å². The summed E-state index contributed by atoms with van der Waals surface area (Å²) in [4.78, 5) is 19.4. The lowest BCUT2D eigenvalue weighted by molar-refractivity contribution is 0.695. The molecule has 0 aliphatic heterocycles. The summed E-state index contributed by atoms with van der Waals surface area (Å²) in [6.45, 7) is 0. The first-order chi connectivity index (χ1) is 9.22. The third kappa shape index (κ3) is 2.09. The molecule has 0 N–H and O–H groups in total. The normalized spacial score (nSPS) is 14.3. The van der Waals surface area contributed by atoms with Crippen LogP contribution in [0.5, 0.6) is 0 Å². The number of rotatable bonds is 2. The molecule has 98 valence electrons. The van der Waals surface area contributed by atoms with E-state index in [-0.39, 0.29) is 5.56 Å². The molecule has 0 fully saturated rings. The molecule has 3 rings (SSSR count). The molecule has 0 atom stereocenters. The van der Waals surface area contributed by atoms with Crippen molar-refractivity contribution in [3.63, 3.8) is 0 Å². The maximum atomic E-state index is 12.5. The van der Waals surface area contributed by atoms with Gasteiger partial charge < -0.3 is 0 Å². The molecule has 2 heterocycles. The van der Waals surface area contributed by atoms with E-state index in [1.54, 1.807) is 23.0 Å². The van der Waals surface area contributed by atoms with Crippen LogP contribution in [0.25, 0.3) is 10.2 Å². The van der Waals surface area contributed by atoms with Crippen molar-refractivity contribution in [3.05, 3.63) is 20.8 Å². The fourth-order valence-electron chi connectivity index (χ4n) is 2.50. The maximum Gasteiger partial charge on any atom is 0.262 e. The molecular weight excluding hydrogens is 276 g/mol. The van der Waals surface area contributed by atoms with Crippen LogP contribution in [0.3, 0.4) is 0 Å². The van der Waals surface area contributed by atoms with E-state index in [9.17, 15) is 4.79 Å². The fraction of sp³-hybridized carbons (Fsp3) is 0.429. The lowest BCUT2D eigenvalue weighted by Crippen LogP contribution is -2.20. The van der Waals surface area contributed by atoms with Gasteiger partial charge in [0.25, 0.3) is 5.56 Å².